The van der Waals surface area contributed by atoms with E-state index >= 15 is 0 Å². The summed E-state index contributed by atoms with van der Waals surface area (Å²) in [4.78, 5) is 13.8. The minimum atomic E-state index is 0.137. The molecule has 1 aliphatic heterocycles. The molecule has 0 bridgehead atoms. The number of hydrogen-bond acceptors (Lipinski definition) is 3. The van der Waals surface area contributed by atoms with E-state index in [1.165, 1.54) is 0 Å². The molecular formula is C16H20N4O. The average Bonchev–Trinajstić information content (AvgIpc) is 3.08. The molecule has 110 valence electrons. The third kappa shape index (κ3) is 2.77. The number of amides is 1. The molecule has 1 N–H and O–H groups in total. The van der Waals surface area contributed by atoms with Crippen LogP contribution in [-0.4, -0.2) is 22.2 Å². The van der Waals surface area contributed by atoms with Gasteiger partial charge in [-0.2, -0.15) is 5.10 Å². The second-order valence-corrected chi connectivity index (χ2v) is 5.48. The average molecular weight is 284 g/mol. The van der Waals surface area contributed by atoms with E-state index in [0.29, 0.717) is 6.42 Å². The summed E-state index contributed by atoms with van der Waals surface area (Å²) < 4.78 is 1.80. The normalized spacial score (nSPS) is 16.3. The largest absolute Gasteiger partial charge is 0.377 e. The molecule has 3 rings (SSSR count). The fourth-order valence-electron chi connectivity index (χ4n) is 2.71. The van der Waals surface area contributed by atoms with Crippen LogP contribution in [0.25, 0.3) is 0 Å². The molecule has 0 spiro atoms. The number of aromatic nitrogens is 2. The van der Waals surface area contributed by atoms with Crippen molar-refractivity contribution < 1.29 is 4.79 Å². The molecule has 1 aliphatic rings. The number of nitrogens with one attached hydrogen (secondary N) is 1. The first kappa shape index (κ1) is 13.7. The second-order valence-electron chi connectivity index (χ2n) is 5.48. The van der Waals surface area contributed by atoms with Gasteiger partial charge in [-0.05, 0) is 25.5 Å². The Morgan fingerprint density at radius 1 is 1.33 bits per heavy atom. The van der Waals surface area contributed by atoms with Gasteiger partial charge in [0.1, 0.15) is 0 Å². The summed E-state index contributed by atoms with van der Waals surface area (Å²) in [5.41, 5.74) is 3.08. The van der Waals surface area contributed by atoms with Gasteiger partial charge in [0.25, 0.3) is 0 Å². The monoisotopic (exact) mass is 284 g/mol. The molecule has 1 amide bonds. The standard InChI is InChI=1S/C16H20N4O/c1-12(13-10-17-19(2)11-13)18-14-6-3-4-7-15(14)20-9-5-8-16(20)21/h3-4,6-7,10-12,18H,5,8-9H2,1-2H3. The topological polar surface area (TPSA) is 50.2 Å². The maximum absolute atomic E-state index is 12.0. The molecule has 1 fully saturated rings. The quantitative estimate of drug-likeness (QED) is 0.939. The van der Waals surface area contributed by atoms with Gasteiger partial charge in [0.15, 0.2) is 0 Å². The maximum Gasteiger partial charge on any atom is 0.227 e. The SMILES string of the molecule is CC(Nc1ccccc1N1CCCC1=O)c1cnn(C)c1. The molecular weight excluding hydrogens is 264 g/mol. The van der Waals surface area contributed by atoms with Crippen LogP contribution in [0.5, 0.6) is 0 Å². The number of hydrogen-bond donors (Lipinski definition) is 1. The molecule has 1 unspecified atom stereocenters. The maximum atomic E-state index is 12.0. The minimum Gasteiger partial charge on any atom is -0.377 e. The molecule has 5 nitrogen and oxygen atoms in total. The lowest BCUT2D eigenvalue weighted by Crippen LogP contribution is -2.25. The summed E-state index contributed by atoms with van der Waals surface area (Å²) in [6.07, 6.45) is 5.44. The van der Waals surface area contributed by atoms with Gasteiger partial charge in [0.05, 0.1) is 23.6 Å². The van der Waals surface area contributed by atoms with Crippen molar-refractivity contribution in [3.63, 3.8) is 0 Å². The molecule has 1 atom stereocenters. The van der Waals surface area contributed by atoms with Crippen molar-refractivity contribution in [1.82, 2.24) is 9.78 Å². The number of anilines is 2. The smallest absolute Gasteiger partial charge is 0.227 e. The number of nitrogens with zero attached hydrogens (tertiary/aromatic N) is 3. The van der Waals surface area contributed by atoms with Gasteiger partial charge in [-0.25, -0.2) is 0 Å². The lowest BCUT2D eigenvalue weighted by molar-refractivity contribution is -0.117. The van der Waals surface area contributed by atoms with Gasteiger partial charge in [-0.3, -0.25) is 9.48 Å². The van der Waals surface area contributed by atoms with Crippen LogP contribution in [0.2, 0.25) is 0 Å². The van der Waals surface area contributed by atoms with Gasteiger partial charge >= 0.3 is 0 Å². The van der Waals surface area contributed by atoms with Gasteiger partial charge in [-0.15, -0.1) is 0 Å². The Balaban J connectivity index is 1.84. The van der Waals surface area contributed by atoms with Crippen LogP contribution in [0.4, 0.5) is 11.4 Å². The number of carbonyl (C=O) groups is 1. The molecule has 1 aromatic carbocycles. The Labute approximate surface area is 124 Å². The van der Waals surface area contributed by atoms with E-state index in [-0.39, 0.29) is 11.9 Å². The van der Waals surface area contributed by atoms with E-state index in [1.54, 1.807) is 4.68 Å². The number of aryl methyl sites for hydroxylation is 1. The van der Waals surface area contributed by atoms with Crippen LogP contribution in [0.15, 0.2) is 36.7 Å². The van der Waals surface area contributed by atoms with Crippen molar-refractivity contribution >= 4 is 17.3 Å². The third-order valence-corrected chi connectivity index (χ3v) is 3.87. The molecule has 21 heavy (non-hydrogen) atoms. The van der Waals surface area contributed by atoms with Crippen molar-refractivity contribution in [2.45, 2.75) is 25.8 Å². The lowest BCUT2D eigenvalue weighted by Gasteiger charge is -2.22. The second kappa shape index (κ2) is 5.60. The summed E-state index contributed by atoms with van der Waals surface area (Å²) in [7, 11) is 1.91. The van der Waals surface area contributed by atoms with Crippen LogP contribution in [0.3, 0.4) is 0 Å². The Bertz CT molecular complexity index is 649. The summed E-state index contributed by atoms with van der Waals surface area (Å²) in [6.45, 7) is 2.90. The molecule has 1 saturated heterocycles. The van der Waals surface area contributed by atoms with E-state index in [0.717, 1.165) is 29.9 Å². The van der Waals surface area contributed by atoms with Crippen molar-refractivity contribution in [3.05, 3.63) is 42.2 Å². The Morgan fingerprint density at radius 3 is 2.81 bits per heavy atom. The third-order valence-electron chi connectivity index (χ3n) is 3.87. The molecule has 0 saturated carbocycles. The van der Waals surface area contributed by atoms with E-state index in [1.807, 2.05) is 48.6 Å². The lowest BCUT2D eigenvalue weighted by atomic mass is 10.1. The molecule has 2 heterocycles. The van der Waals surface area contributed by atoms with Crippen molar-refractivity contribution in [2.24, 2.45) is 7.05 Å². The fourth-order valence-corrected chi connectivity index (χ4v) is 2.71. The molecule has 5 heteroatoms. The highest BCUT2D eigenvalue weighted by atomic mass is 16.2. The van der Waals surface area contributed by atoms with Gasteiger partial charge in [0.2, 0.25) is 5.91 Å². The highest BCUT2D eigenvalue weighted by Gasteiger charge is 2.24. The molecule has 1 aromatic heterocycles. The fraction of sp³-hybridized carbons (Fsp3) is 0.375. The zero-order chi connectivity index (χ0) is 14.8. The van der Waals surface area contributed by atoms with Gasteiger partial charge in [0, 0.05) is 31.8 Å². The highest BCUT2D eigenvalue weighted by molar-refractivity contribution is 5.98. The first-order valence-corrected chi connectivity index (χ1v) is 7.29. The molecule has 0 radical (unpaired) electrons. The van der Waals surface area contributed by atoms with Gasteiger partial charge in [-0.1, -0.05) is 12.1 Å². The summed E-state index contributed by atoms with van der Waals surface area (Å²) in [6, 6.07) is 8.12. The first-order chi connectivity index (χ1) is 10.1. The summed E-state index contributed by atoms with van der Waals surface area (Å²) in [5.74, 6) is 0.207. The van der Waals surface area contributed by atoms with Gasteiger partial charge < -0.3 is 10.2 Å². The van der Waals surface area contributed by atoms with Crippen molar-refractivity contribution in [2.75, 3.05) is 16.8 Å². The van der Waals surface area contributed by atoms with Crippen molar-refractivity contribution in [1.29, 1.82) is 0 Å². The zero-order valence-corrected chi connectivity index (χ0v) is 12.4. The van der Waals surface area contributed by atoms with E-state index in [2.05, 4.69) is 17.3 Å². The summed E-state index contributed by atoms with van der Waals surface area (Å²) in [5, 5.41) is 7.69. The van der Waals surface area contributed by atoms with Crippen molar-refractivity contribution in [3.8, 4) is 0 Å². The van der Waals surface area contributed by atoms with E-state index in [9.17, 15) is 4.79 Å². The molecule has 0 aliphatic carbocycles. The Morgan fingerprint density at radius 2 is 2.14 bits per heavy atom. The predicted molar refractivity (Wildman–Crippen MR) is 83.3 cm³/mol. The zero-order valence-electron chi connectivity index (χ0n) is 12.4. The van der Waals surface area contributed by atoms with E-state index < -0.39 is 0 Å². The van der Waals surface area contributed by atoms with Crippen LogP contribution in [0.1, 0.15) is 31.4 Å². The first-order valence-electron chi connectivity index (χ1n) is 7.29. The highest BCUT2D eigenvalue weighted by Crippen LogP contribution is 2.31. The molecule has 2 aromatic rings. The van der Waals surface area contributed by atoms with Crippen LogP contribution in [-0.2, 0) is 11.8 Å². The van der Waals surface area contributed by atoms with Crippen LogP contribution < -0.4 is 10.2 Å². The minimum absolute atomic E-state index is 0.137. The number of rotatable bonds is 4. The van der Waals surface area contributed by atoms with E-state index in [4.69, 9.17) is 0 Å². The number of carbonyl (C=O) groups excluding carboxylic acids is 1. The summed E-state index contributed by atoms with van der Waals surface area (Å²) >= 11 is 0. The van der Waals surface area contributed by atoms with Crippen LogP contribution >= 0.6 is 0 Å². The number of para-hydroxylation sites is 2. The Kier molecular flexibility index (Phi) is 3.64. The van der Waals surface area contributed by atoms with Crippen LogP contribution in [0, 0.1) is 0 Å². The Hall–Kier alpha value is -2.30. The number of benzene rings is 1. The predicted octanol–water partition coefficient (Wildman–Crippen LogP) is 2.72.